The topological polar surface area (TPSA) is 83.8 Å². The largest absolute Gasteiger partial charge is 0.451 e. The zero-order chi connectivity index (χ0) is 15.6. The number of rotatable bonds is 4. The molecule has 0 fully saturated rings. The summed E-state index contributed by atoms with van der Waals surface area (Å²) in [6, 6.07) is 13.1. The summed E-state index contributed by atoms with van der Waals surface area (Å²) >= 11 is 1.57. The van der Waals surface area contributed by atoms with E-state index in [0.29, 0.717) is 17.2 Å². The number of carbonyl (C=O) groups is 1. The number of aromatic amines is 1. The van der Waals surface area contributed by atoms with E-state index in [0.717, 1.165) is 10.3 Å². The van der Waals surface area contributed by atoms with E-state index >= 15 is 0 Å². The molecule has 0 aliphatic heterocycles. The van der Waals surface area contributed by atoms with Crippen LogP contribution in [0.3, 0.4) is 0 Å². The first-order valence-corrected chi connectivity index (χ1v) is 7.89. The van der Waals surface area contributed by atoms with Gasteiger partial charge in [-0.25, -0.2) is 4.98 Å². The fourth-order valence-electron chi connectivity index (χ4n) is 2.24. The van der Waals surface area contributed by atoms with Gasteiger partial charge < -0.3 is 9.73 Å². The number of benzene rings is 1. The van der Waals surface area contributed by atoms with Crippen LogP contribution in [0.4, 0.5) is 0 Å². The third kappa shape index (κ3) is 2.74. The van der Waals surface area contributed by atoms with E-state index in [2.05, 4.69) is 20.5 Å². The Bertz CT molecular complexity index is 922. The Morgan fingerprint density at radius 3 is 3.00 bits per heavy atom. The summed E-state index contributed by atoms with van der Waals surface area (Å²) in [6.45, 7) is 0.258. The van der Waals surface area contributed by atoms with Crippen LogP contribution in [0.2, 0.25) is 0 Å². The van der Waals surface area contributed by atoms with Crippen molar-refractivity contribution >= 4 is 28.2 Å². The summed E-state index contributed by atoms with van der Waals surface area (Å²) in [4.78, 5) is 17.5. The molecule has 0 bridgehead atoms. The second kappa shape index (κ2) is 5.69. The summed E-state index contributed by atoms with van der Waals surface area (Å²) in [7, 11) is 0. The van der Waals surface area contributed by atoms with Crippen LogP contribution in [-0.4, -0.2) is 21.1 Å². The van der Waals surface area contributed by atoms with Gasteiger partial charge in [-0.15, -0.1) is 11.3 Å². The SMILES string of the molecule is O=C(NCc1nc(-c2cccs2)n[nH]1)c1cc2ccccc2o1. The number of nitrogens with zero attached hydrogens (tertiary/aromatic N) is 2. The molecule has 0 unspecified atom stereocenters. The molecule has 23 heavy (non-hydrogen) atoms. The molecular weight excluding hydrogens is 312 g/mol. The molecule has 3 heterocycles. The molecule has 0 spiro atoms. The van der Waals surface area contributed by atoms with Crippen LogP contribution >= 0.6 is 11.3 Å². The van der Waals surface area contributed by atoms with Crippen molar-refractivity contribution in [3.63, 3.8) is 0 Å². The molecule has 114 valence electrons. The van der Waals surface area contributed by atoms with Crippen molar-refractivity contribution in [1.82, 2.24) is 20.5 Å². The number of carbonyl (C=O) groups excluding carboxylic acids is 1. The molecule has 0 saturated carbocycles. The first-order valence-electron chi connectivity index (χ1n) is 7.01. The summed E-state index contributed by atoms with van der Waals surface area (Å²) < 4.78 is 5.53. The first kappa shape index (κ1) is 13.7. The molecule has 2 N–H and O–H groups in total. The zero-order valence-electron chi connectivity index (χ0n) is 11.9. The summed E-state index contributed by atoms with van der Waals surface area (Å²) in [5.74, 6) is 1.23. The van der Waals surface area contributed by atoms with E-state index in [-0.39, 0.29) is 18.2 Å². The van der Waals surface area contributed by atoms with Crippen LogP contribution in [0.1, 0.15) is 16.4 Å². The predicted octanol–water partition coefficient (Wildman–Crippen LogP) is 3.21. The minimum atomic E-state index is -0.282. The van der Waals surface area contributed by atoms with E-state index in [9.17, 15) is 4.79 Å². The molecule has 0 aliphatic rings. The lowest BCUT2D eigenvalue weighted by atomic mass is 10.2. The van der Waals surface area contributed by atoms with Crippen molar-refractivity contribution in [1.29, 1.82) is 0 Å². The Morgan fingerprint density at radius 2 is 2.17 bits per heavy atom. The number of fused-ring (bicyclic) bond motifs is 1. The molecule has 0 atom stereocenters. The lowest BCUT2D eigenvalue weighted by Gasteiger charge is -1.99. The lowest BCUT2D eigenvalue weighted by molar-refractivity contribution is 0.0924. The van der Waals surface area contributed by atoms with E-state index in [4.69, 9.17) is 4.42 Å². The van der Waals surface area contributed by atoms with Gasteiger partial charge in [0, 0.05) is 5.39 Å². The number of H-pyrrole nitrogens is 1. The van der Waals surface area contributed by atoms with Crippen LogP contribution in [0.25, 0.3) is 21.7 Å². The smallest absolute Gasteiger partial charge is 0.287 e. The van der Waals surface area contributed by atoms with Gasteiger partial charge in [-0.3, -0.25) is 9.89 Å². The van der Waals surface area contributed by atoms with E-state index < -0.39 is 0 Å². The third-order valence-electron chi connectivity index (χ3n) is 3.34. The standard InChI is InChI=1S/C16H12N4O2S/c21-16(12-8-10-4-1-2-5-11(10)22-12)17-9-14-18-15(20-19-14)13-6-3-7-23-13/h1-8H,9H2,(H,17,21)(H,18,19,20). The minimum Gasteiger partial charge on any atom is -0.451 e. The van der Waals surface area contributed by atoms with Gasteiger partial charge in [0.05, 0.1) is 11.4 Å². The molecule has 1 aromatic carbocycles. The normalized spacial score (nSPS) is 11.0. The van der Waals surface area contributed by atoms with Crippen LogP contribution in [0.15, 0.2) is 52.3 Å². The van der Waals surface area contributed by atoms with Crippen molar-refractivity contribution in [3.8, 4) is 10.7 Å². The summed E-state index contributed by atoms with van der Waals surface area (Å²) in [5.41, 5.74) is 0.692. The van der Waals surface area contributed by atoms with Crippen LogP contribution < -0.4 is 5.32 Å². The highest BCUT2D eigenvalue weighted by atomic mass is 32.1. The number of nitrogens with one attached hydrogen (secondary N) is 2. The molecule has 1 amide bonds. The lowest BCUT2D eigenvalue weighted by Crippen LogP contribution is -2.22. The van der Waals surface area contributed by atoms with Gasteiger partial charge >= 0.3 is 0 Å². The zero-order valence-corrected chi connectivity index (χ0v) is 12.8. The van der Waals surface area contributed by atoms with Crippen LogP contribution in [0, 0.1) is 0 Å². The number of thiophene rings is 1. The van der Waals surface area contributed by atoms with Gasteiger partial charge in [-0.1, -0.05) is 24.3 Å². The van der Waals surface area contributed by atoms with Gasteiger partial charge in [0.15, 0.2) is 11.6 Å². The van der Waals surface area contributed by atoms with E-state index in [1.165, 1.54) is 0 Å². The Kier molecular flexibility index (Phi) is 3.39. The van der Waals surface area contributed by atoms with Gasteiger partial charge in [-0.05, 0) is 23.6 Å². The quantitative estimate of drug-likeness (QED) is 0.604. The monoisotopic (exact) mass is 324 g/mol. The van der Waals surface area contributed by atoms with Crippen molar-refractivity contribution in [2.24, 2.45) is 0 Å². The van der Waals surface area contributed by atoms with Crippen molar-refractivity contribution in [3.05, 3.63) is 59.4 Å². The maximum Gasteiger partial charge on any atom is 0.287 e. The molecule has 6 nitrogen and oxygen atoms in total. The molecule has 0 radical (unpaired) electrons. The highest BCUT2D eigenvalue weighted by Crippen LogP contribution is 2.21. The van der Waals surface area contributed by atoms with Crippen molar-refractivity contribution < 1.29 is 9.21 Å². The summed E-state index contributed by atoms with van der Waals surface area (Å²) in [5, 5.41) is 12.6. The second-order valence-corrected chi connectivity index (χ2v) is 5.86. The van der Waals surface area contributed by atoms with Crippen molar-refractivity contribution in [2.75, 3.05) is 0 Å². The van der Waals surface area contributed by atoms with Gasteiger partial charge in [0.2, 0.25) is 0 Å². The molecular formula is C16H12N4O2S. The Hall–Kier alpha value is -2.93. The Morgan fingerprint density at radius 1 is 1.26 bits per heavy atom. The minimum absolute atomic E-state index is 0.258. The fourth-order valence-corrected chi connectivity index (χ4v) is 2.89. The number of furan rings is 1. The Balaban J connectivity index is 1.45. The molecule has 4 rings (SSSR count). The first-order chi connectivity index (χ1) is 11.3. The Labute approximate surface area is 135 Å². The van der Waals surface area contributed by atoms with E-state index in [1.54, 1.807) is 17.4 Å². The maximum atomic E-state index is 12.2. The van der Waals surface area contributed by atoms with Gasteiger partial charge in [0.25, 0.3) is 5.91 Å². The molecule has 4 aromatic rings. The number of hydrogen-bond donors (Lipinski definition) is 2. The van der Waals surface area contributed by atoms with Gasteiger partial charge in [-0.2, -0.15) is 5.10 Å². The van der Waals surface area contributed by atoms with Crippen LogP contribution in [-0.2, 0) is 6.54 Å². The molecule has 7 heteroatoms. The maximum absolute atomic E-state index is 12.2. The highest BCUT2D eigenvalue weighted by Gasteiger charge is 2.13. The predicted molar refractivity (Wildman–Crippen MR) is 87.1 cm³/mol. The number of para-hydroxylation sites is 1. The number of aromatic nitrogens is 3. The average Bonchev–Trinajstić information content (AvgIpc) is 3.31. The van der Waals surface area contributed by atoms with Crippen LogP contribution in [0.5, 0.6) is 0 Å². The molecule has 0 saturated heterocycles. The molecule has 0 aliphatic carbocycles. The van der Waals surface area contributed by atoms with Crippen molar-refractivity contribution in [2.45, 2.75) is 6.54 Å². The molecule has 3 aromatic heterocycles. The van der Waals surface area contributed by atoms with Gasteiger partial charge in [0.1, 0.15) is 11.4 Å². The third-order valence-corrected chi connectivity index (χ3v) is 4.20. The summed E-state index contributed by atoms with van der Waals surface area (Å²) in [6.07, 6.45) is 0. The highest BCUT2D eigenvalue weighted by molar-refractivity contribution is 7.13. The number of hydrogen-bond acceptors (Lipinski definition) is 5. The fraction of sp³-hybridized carbons (Fsp3) is 0.0625. The second-order valence-electron chi connectivity index (χ2n) is 4.91. The average molecular weight is 324 g/mol. The van der Waals surface area contributed by atoms with E-state index in [1.807, 2.05) is 41.8 Å². The number of amides is 1.